The van der Waals surface area contributed by atoms with Gasteiger partial charge in [0.1, 0.15) is 5.75 Å². The van der Waals surface area contributed by atoms with Gasteiger partial charge in [0.25, 0.3) is 0 Å². The van der Waals surface area contributed by atoms with Gasteiger partial charge in [0.05, 0.1) is 0 Å². The predicted molar refractivity (Wildman–Crippen MR) is 65.1 cm³/mol. The van der Waals surface area contributed by atoms with Gasteiger partial charge in [-0.2, -0.15) is 0 Å². The highest BCUT2D eigenvalue weighted by atomic mass is 16.3. The fourth-order valence-corrected chi connectivity index (χ4v) is 1.42. The number of hydrogen-bond donors (Lipinski definition) is 1. The number of aromatic hydroxyl groups is 1. The lowest BCUT2D eigenvalue weighted by atomic mass is 9.83. The first-order chi connectivity index (χ1) is 6.92. The Kier molecular flexibility index (Phi) is 3.57. The van der Waals surface area contributed by atoms with Gasteiger partial charge >= 0.3 is 0 Å². The monoisotopic (exact) mass is 204 g/mol. The Morgan fingerprint density at radius 3 is 2.13 bits per heavy atom. The van der Waals surface area contributed by atoms with Crippen molar-refractivity contribution in [3.8, 4) is 5.75 Å². The Hall–Kier alpha value is -1.24. The highest BCUT2D eigenvalue weighted by molar-refractivity contribution is 5.33. The van der Waals surface area contributed by atoms with Crippen molar-refractivity contribution in [2.45, 2.75) is 33.1 Å². The van der Waals surface area contributed by atoms with E-state index in [1.165, 1.54) is 5.56 Å². The molecule has 0 radical (unpaired) electrons. The van der Waals surface area contributed by atoms with Crippen LogP contribution < -0.4 is 0 Å². The molecule has 1 rings (SSSR count). The summed E-state index contributed by atoms with van der Waals surface area (Å²) in [5.41, 5.74) is 1.25. The third-order valence-electron chi connectivity index (χ3n) is 2.51. The minimum atomic E-state index is 0.0258. The van der Waals surface area contributed by atoms with Crippen molar-refractivity contribution in [2.24, 2.45) is 5.92 Å². The van der Waals surface area contributed by atoms with Gasteiger partial charge in [0, 0.05) is 5.41 Å². The summed E-state index contributed by atoms with van der Waals surface area (Å²) in [6.45, 7) is 8.70. The molecule has 0 fully saturated rings. The average molecular weight is 204 g/mol. The molecule has 0 bridgehead atoms. The van der Waals surface area contributed by atoms with Gasteiger partial charge in [-0.15, -0.1) is 0 Å². The minimum Gasteiger partial charge on any atom is -0.508 e. The maximum absolute atomic E-state index is 9.22. The number of rotatable bonds is 3. The Balaban J connectivity index is 2.90. The Morgan fingerprint density at radius 2 is 1.67 bits per heavy atom. The van der Waals surface area contributed by atoms with Crippen LogP contribution in [-0.4, -0.2) is 5.11 Å². The van der Waals surface area contributed by atoms with Gasteiger partial charge in [-0.25, -0.2) is 0 Å². The van der Waals surface area contributed by atoms with Crippen molar-refractivity contribution >= 4 is 0 Å². The summed E-state index contributed by atoms with van der Waals surface area (Å²) in [6, 6.07) is 7.42. The molecular weight excluding hydrogens is 184 g/mol. The molecule has 0 spiro atoms. The van der Waals surface area contributed by atoms with E-state index in [4.69, 9.17) is 0 Å². The van der Waals surface area contributed by atoms with E-state index < -0.39 is 0 Å². The number of benzene rings is 1. The second-order valence-electron chi connectivity index (χ2n) is 4.87. The molecule has 1 N–H and O–H groups in total. The Labute approximate surface area is 92.5 Å². The van der Waals surface area contributed by atoms with E-state index in [1.807, 2.05) is 12.1 Å². The first-order valence-corrected chi connectivity index (χ1v) is 5.41. The molecule has 0 aliphatic heterocycles. The molecular formula is C14H20O. The molecule has 0 unspecified atom stereocenters. The number of hydrogen-bond acceptors (Lipinski definition) is 1. The molecule has 1 aromatic carbocycles. The van der Waals surface area contributed by atoms with E-state index >= 15 is 0 Å². The zero-order chi connectivity index (χ0) is 11.5. The van der Waals surface area contributed by atoms with E-state index in [0.717, 1.165) is 0 Å². The van der Waals surface area contributed by atoms with Crippen LogP contribution in [0.4, 0.5) is 0 Å². The smallest absolute Gasteiger partial charge is 0.115 e. The van der Waals surface area contributed by atoms with E-state index in [1.54, 1.807) is 12.1 Å². The molecule has 0 aliphatic rings. The predicted octanol–water partition coefficient (Wildman–Crippen LogP) is 3.88. The molecule has 0 aromatic heterocycles. The molecule has 1 heteroatoms. The van der Waals surface area contributed by atoms with Crippen molar-refractivity contribution in [3.63, 3.8) is 0 Å². The second-order valence-corrected chi connectivity index (χ2v) is 4.87. The highest BCUT2D eigenvalue weighted by Gasteiger charge is 2.16. The van der Waals surface area contributed by atoms with Gasteiger partial charge in [-0.1, -0.05) is 52.0 Å². The molecule has 0 saturated carbocycles. The summed E-state index contributed by atoms with van der Waals surface area (Å²) in [7, 11) is 0. The first kappa shape index (κ1) is 11.8. The topological polar surface area (TPSA) is 20.2 Å². The quantitative estimate of drug-likeness (QED) is 0.741. The molecule has 0 heterocycles. The number of phenolic OH excluding ortho intramolecular Hbond substituents is 1. The lowest BCUT2D eigenvalue weighted by molar-refractivity contribution is 0.474. The van der Waals surface area contributed by atoms with Crippen LogP contribution in [0.25, 0.3) is 0 Å². The van der Waals surface area contributed by atoms with Gasteiger partial charge < -0.3 is 5.11 Å². The molecule has 82 valence electrons. The van der Waals surface area contributed by atoms with Crippen LogP contribution in [0.15, 0.2) is 36.4 Å². The summed E-state index contributed by atoms with van der Waals surface area (Å²) >= 11 is 0. The maximum atomic E-state index is 9.22. The number of phenols is 1. The van der Waals surface area contributed by atoms with Crippen molar-refractivity contribution in [2.75, 3.05) is 0 Å². The highest BCUT2D eigenvalue weighted by Crippen LogP contribution is 2.26. The van der Waals surface area contributed by atoms with E-state index in [-0.39, 0.29) is 5.41 Å². The molecule has 1 nitrogen and oxygen atoms in total. The summed E-state index contributed by atoms with van der Waals surface area (Å²) in [4.78, 5) is 0. The van der Waals surface area contributed by atoms with E-state index in [9.17, 15) is 5.11 Å². The zero-order valence-electron chi connectivity index (χ0n) is 9.99. The van der Waals surface area contributed by atoms with Crippen LogP contribution in [0.5, 0.6) is 5.75 Å². The summed E-state index contributed by atoms with van der Waals surface area (Å²) in [5, 5.41) is 9.22. The lowest BCUT2D eigenvalue weighted by Crippen LogP contribution is -2.13. The van der Waals surface area contributed by atoms with Crippen LogP contribution >= 0.6 is 0 Å². The summed E-state index contributed by atoms with van der Waals surface area (Å²) in [6.07, 6.45) is 4.44. The summed E-state index contributed by atoms with van der Waals surface area (Å²) < 4.78 is 0. The van der Waals surface area contributed by atoms with Crippen molar-refractivity contribution in [1.82, 2.24) is 0 Å². The minimum absolute atomic E-state index is 0.0258. The third kappa shape index (κ3) is 3.43. The largest absolute Gasteiger partial charge is 0.508 e. The Morgan fingerprint density at radius 1 is 1.13 bits per heavy atom. The Bertz CT molecular complexity index is 331. The standard InChI is InChI=1S/C14H20O/c1-11(2)9-10-14(3,4)12-5-7-13(15)8-6-12/h5-11,15H,1-4H3. The van der Waals surface area contributed by atoms with Gasteiger partial charge in [0.15, 0.2) is 0 Å². The molecule has 0 aliphatic carbocycles. The normalized spacial score (nSPS) is 12.6. The van der Waals surface area contributed by atoms with Gasteiger partial charge in [-0.3, -0.25) is 0 Å². The molecule has 1 aromatic rings. The fraction of sp³-hybridized carbons (Fsp3) is 0.429. The van der Waals surface area contributed by atoms with Crippen LogP contribution in [0.2, 0.25) is 0 Å². The molecule has 0 atom stereocenters. The molecule has 0 amide bonds. The second kappa shape index (κ2) is 4.52. The number of allylic oxidation sites excluding steroid dienone is 2. The van der Waals surface area contributed by atoms with Crippen molar-refractivity contribution < 1.29 is 5.11 Å². The van der Waals surface area contributed by atoms with Gasteiger partial charge in [-0.05, 0) is 23.6 Å². The van der Waals surface area contributed by atoms with Crippen LogP contribution in [0.1, 0.15) is 33.3 Å². The van der Waals surface area contributed by atoms with E-state index in [0.29, 0.717) is 11.7 Å². The maximum Gasteiger partial charge on any atom is 0.115 e. The fourth-order valence-electron chi connectivity index (χ4n) is 1.42. The zero-order valence-corrected chi connectivity index (χ0v) is 9.99. The van der Waals surface area contributed by atoms with Crippen LogP contribution in [0, 0.1) is 5.92 Å². The molecule has 0 saturated heterocycles. The van der Waals surface area contributed by atoms with Crippen LogP contribution in [0.3, 0.4) is 0 Å². The van der Waals surface area contributed by atoms with Crippen molar-refractivity contribution in [1.29, 1.82) is 0 Å². The third-order valence-corrected chi connectivity index (χ3v) is 2.51. The molecule has 15 heavy (non-hydrogen) atoms. The van der Waals surface area contributed by atoms with Crippen molar-refractivity contribution in [3.05, 3.63) is 42.0 Å². The SMILES string of the molecule is CC(C)C=CC(C)(C)c1ccc(O)cc1. The summed E-state index contributed by atoms with van der Waals surface area (Å²) in [5.74, 6) is 0.892. The van der Waals surface area contributed by atoms with Gasteiger partial charge in [0.2, 0.25) is 0 Å². The average Bonchev–Trinajstić information content (AvgIpc) is 2.16. The van der Waals surface area contributed by atoms with Crippen LogP contribution in [-0.2, 0) is 5.41 Å². The first-order valence-electron chi connectivity index (χ1n) is 5.41. The van der Waals surface area contributed by atoms with E-state index in [2.05, 4.69) is 39.8 Å². The lowest BCUT2D eigenvalue weighted by Gasteiger charge is -2.21.